The molecule has 0 aliphatic rings. The van der Waals surface area contributed by atoms with Gasteiger partial charge in [0.1, 0.15) is 5.75 Å². The molecule has 124 valence electrons. The van der Waals surface area contributed by atoms with E-state index in [9.17, 15) is 0 Å². The van der Waals surface area contributed by atoms with Gasteiger partial charge in [-0.25, -0.2) is 4.98 Å². The average Bonchev–Trinajstić information content (AvgIpc) is 3.20. The fourth-order valence-electron chi connectivity index (χ4n) is 1.97. The summed E-state index contributed by atoms with van der Waals surface area (Å²) >= 11 is 6.74. The highest BCUT2D eigenvalue weighted by molar-refractivity contribution is 9.10. The minimum atomic E-state index is 0.143. The minimum absolute atomic E-state index is 0.143. The van der Waals surface area contributed by atoms with Crippen molar-refractivity contribution in [1.82, 2.24) is 4.98 Å². The Morgan fingerprint density at radius 1 is 1.29 bits per heavy atom. The van der Waals surface area contributed by atoms with Gasteiger partial charge in [-0.2, -0.15) is 5.10 Å². The molecule has 4 nitrogen and oxygen atoms in total. The highest BCUT2D eigenvalue weighted by Crippen LogP contribution is 2.28. The van der Waals surface area contributed by atoms with Crippen LogP contribution in [0.1, 0.15) is 19.4 Å². The van der Waals surface area contributed by atoms with E-state index < -0.39 is 0 Å². The fourth-order valence-corrected chi connectivity index (χ4v) is 3.88. The largest absolute Gasteiger partial charge is 0.490 e. The van der Waals surface area contributed by atoms with E-state index in [1.54, 1.807) is 17.6 Å². The second-order valence-corrected chi connectivity index (χ2v) is 7.90. The first-order chi connectivity index (χ1) is 11.6. The van der Waals surface area contributed by atoms with E-state index in [0.717, 1.165) is 31.5 Å². The first-order valence-electron chi connectivity index (χ1n) is 7.36. The SMILES string of the molecule is CC(C)Oc1ccc(/C=N\Nc2nc(-c3cccs3)cs2)cc1Br. The molecule has 24 heavy (non-hydrogen) atoms. The molecule has 0 saturated carbocycles. The molecule has 3 rings (SSSR count). The number of hydrazone groups is 1. The molecule has 7 heteroatoms. The second-order valence-electron chi connectivity index (χ2n) is 5.24. The van der Waals surface area contributed by atoms with Crippen LogP contribution in [0, 0.1) is 0 Å². The van der Waals surface area contributed by atoms with E-state index >= 15 is 0 Å². The van der Waals surface area contributed by atoms with Crippen molar-refractivity contribution in [2.45, 2.75) is 20.0 Å². The molecule has 0 spiro atoms. The molecule has 3 aromatic rings. The third-order valence-corrected chi connectivity index (χ3v) is 5.23. The molecule has 1 N–H and O–H groups in total. The minimum Gasteiger partial charge on any atom is -0.490 e. The van der Waals surface area contributed by atoms with Gasteiger partial charge < -0.3 is 4.74 Å². The van der Waals surface area contributed by atoms with Gasteiger partial charge >= 0.3 is 0 Å². The van der Waals surface area contributed by atoms with Crippen molar-refractivity contribution >= 4 is 49.9 Å². The Bertz CT molecular complexity index is 828. The van der Waals surface area contributed by atoms with E-state index in [1.165, 1.54) is 11.3 Å². The smallest absolute Gasteiger partial charge is 0.203 e. The average molecular weight is 422 g/mol. The molecule has 0 saturated heterocycles. The number of thiazole rings is 1. The van der Waals surface area contributed by atoms with E-state index in [-0.39, 0.29) is 6.10 Å². The van der Waals surface area contributed by atoms with Gasteiger partial charge in [0.15, 0.2) is 0 Å². The van der Waals surface area contributed by atoms with E-state index in [1.807, 2.05) is 48.9 Å². The highest BCUT2D eigenvalue weighted by atomic mass is 79.9. The van der Waals surface area contributed by atoms with Crippen LogP contribution in [0.4, 0.5) is 5.13 Å². The van der Waals surface area contributed by atoms with Crippen molar-refractivity contribution in [1.29, 1.82) is 0 Å². The van der Waals surface area contributed by atoms with Crippen molar-refractivity contribution in [3.05, 3.63) is 51.1 Å². The van der Waals surface area contributed by atoms with Crippen molar-refractivity contribution in [2.24, 2.45) is 5.10 Å². The summed E-state index contributed by atoms with van der Waals surface area (Å²) in [5.74, 6) is 0.829. The van der Waals surface area contributed by atoms with Gasteiger partial charge in [-0.15, -0.1) is 22.7 Å². The van der Waals surface area contributed by atoms with Crippen molar-refractivity contribution in [3.8, 4) is 16.3 Å². The van der Waals surface area contributed by atoms with Gasteiger partial charge in [0.05, 0.1) is 27.4 Å². The maximum absolute atomic E-state index is 5.70. The number of thiophene rings is 1. The summed E-state index contributed by atoms with van der Waals surface area (Å²) < 4.78 is 6.61. The number of rotatable bonds is 6. The lowest BCUT2D eigenvalue weighted by Gasteiger charge is -2.11. The summed E-state index contributed by atoms with van der Waals surface area (Å²) in [4.78, 5) is 5.68. The molecule has 0 unspecified atom stereocenters. The van der Waals surface area contributed by atoms with Crippen LogP contribution >= 0.6 is 38.6 Å². The number of halogens is 1. The third kappa shape index (κ3) is 4.43. The predicted molar refractivity (Wildman–Crippen MR) is 107 cm³/mol. The Labute approximate surface area is 157 Å². The van der Waals surface area contributed by atoms with Crippen LogP contribution in [-0.2, 0) is 0 Å². The molecule has 0 fully saturated rings. The van der Waals surface area contributed by atoms with Gasteiger partial charge in [-0.05, 0) is 65.0 Å². The number of nitrogens with zero attached hydrogens (tertiary/aromatic N) is 2. The van der Waals surface area contributed by atoms with Gasteiger partial charge in [-0.3, -0.25) is 5.43 Å². The molecule has 0 radical (unpaired) electrons. The number of ether oxygens (including phenoxy) is 1. The number of nitrogens with one attached hydrogen (secondary N) is 1. The molecule has 0 aliphatic carbocycles. The number of anilines is 1. The third-order valence-electron chi connectivity index (χ3n) is 2.97. The fraction of sp³-hybridized carbons (Fsp3) is 0.176. The normalized spacial score (nSPS) is 11.3. The van der Waals surface area contributed by atoms with Crippen LogP contribution in [0.5, 0.6) is 5.75 Å². The van der Waals surface area contributed by atoms with Crippen molar-refractivity contribution in [2.75, 3.05) is 5.43 Å². The second kappa shape index (κ2) is 7.92. The molecule has 1 aromatic carbocycles. The highest BCUT2D eigenvalue weighted by Gasteiger charge is 2.05. The maximum Gasteiger partial charge on any atom is 0.203 e. The van der Waals surface area contributed by atoms with Crippen molar-refractivity contribution in [3.63, 3.8) is 0 Å². The molecular weight excluding hydrogens is 406 g/mol. The summed E-state index contributed by atoms with van der Waals surface area (Å²) in [6.45, 7) is 4.01. The zero-order valence-corrected chi connectivity index (χ0v) is 16.4. The summed E-state index contributed by atoms with van der Waals surface area (Å²) in [7, 11) is 0. The first kappa shape index (κ1) is 17.1. The molecular formula is C17H16BrN3OS2. The van der Waals surface area contributed by atoms with Crippen LogP contribution < -0.4 is 10.2 Å². The monoisotopic (exact) mass is 421 g/mol. The summed E-state index contributed by atoms with van der Waals surface area (Å²) in [6, 6.07) is 9.96. The molecule has 0 aliphatic heterocycles. The van der Waals surface area contributed by atoms with Gasteiger partial charge in [0.2, 0.25) is 5.13 Å². The molecule has 0 bridgehead atoms. The van der Waals surface area contributed by atoms with Crippen LogP contribution in [0.3, 0.4) is 0 Å². The maximum atomic E-state index is 5.70. The predicted octanol–water partition coefficient (Wildman–Crippen LogP) is 5.87. The molecule has 2 aromatic heterocycles. The van der Waals surface area contributed by atoms with Gasteiger partial charge in [0, 0.05) is 5.38 Å². The standard InChI is InChI=1S/C17H16BrN3OS2/c1-11(2)22-15-6-5-12(8-13(15)18)9-19-21-17-20-14(10-24-17)16-4-3-7-23-16/h3-11H,1-2H3,(H,20,21)/b19-9-. The van der Waals surface area contributed by atoms with E-state index in [4.69, 9.17) is 4.74 Å². The lowest BCUT2D eigenvalue weighted by Crippen LogP contribution is -2.06. The Morgan fingerprint density at radius 3 is 2.88 bits per heavy atom. The number of aromatic nitrogens is 1. The zero-order valence-electron chi connectivity index (χ0n) is 13.2. The zero-order chi connectivity index (χ0) is 16.9. The van der Waals surface area contributed by atoms with Gasteiger partial charge in [-0.1, -0.05) is 6.07 Å². The van der Waals surface area contributed by atoms with Crippen LogP contribution in [-0.4, -0.2) is 17.3 Å². The molecule has 0 atom stereocenters. The van der Waals surface area contributed by atoms with Gasteiger partial charge in [0.25, 0.3) is 0 Å². The lowest BCUT2D eigenvalue weighted by molar-refractivity contribution is 0.241. The lowest BCUT2D eigenvalue weighted by atomic mass is 10.2. The Kier molecular flexibility index (Phi) is 5.65. The van der Waals surface area contributed by atoms with E-state index in [0.29, 0.717) is 0 Å². The Hall–Kier alpha value is -1.70. The quantitative estimate of drug-likeness (QED) is 0.399. The Balaban J connectivity index is 1.63. The van der Waals surface area contributed by atoms with E-state index in [2.05, 4.69) is 37.5 Å². The Morgan fingerprint density at radius 2 is 2.17 bits per heavy atom. The number of hydrogen-bond acceptors (Lipinski definition) is 6. The van der Waals surface area contributed by atoms with Crippen LogP contribution in [0.2, 0.25) is 0 Å². The first-order valence-corrected chi connectivity index (χ1v) is 9.92. The summed E-state index contributed by atoms with van der Waals surface area (Å²) in [5, 5.41) is 9.10. The number of hydrogen-bond donors (Lipinski definition) is 1. The van der Waals surface area contributed by atoms with Crippen LogP contribution in [0.25, 0.3) is 10.6 Å². The summed E-state index contributed by atoms with van der Waals surface area (Å²) in [5.41, 5.74) is 4.93. The van der Waals surface area contributed by atoms with Crippen LogP contribution in [0.15, 0.2) is 50.7 Å². The molecule has 0 amide bonds. The number of benzene rings is 1. The molecule has 2 heterocycles. The summed E-state index contributed by atoms with van der Waals surface area (Å²) in [6.07, 6.45) is 1.90. The van der Waals surface area contributed by atoms with Crippen molar-refractivity contribution < 1.29 is 4.74 Å². The topological polar surface area (TPSA) is 46.5 Å².